The second-order valence-corrected chi connectivity index (χ2v) is 5.25. The zero-order chi connectivity index (χ0) is 11.4. The van der Waals surface area contributed by atoms with E-state index in [4.69, 9.17) is 4.74 Å². The molecule has 1 fully saturated rings. The summed E-state index contributed by atoms with van der Waals surface area (Å²) >= 11 is 0. The third-order valence-electron chi connectivity index (χ3n) is 4.16. The van der Waals surface area contributed by atoms with Gasteiger partial charge in [0.15, 0.2) is 0 Å². The normalized spacial score (nSPS) is 28.4. The average molecular weight is 224 g/mol. The van der Waals surface area contributed by atoms with Crippen LogP contribution in [-0.4, -0.2) is 18.3 Å². The molecule has 0 amide bonds. The molecule has 2 nitrogen and oxygen atoms in total. The Morgan fingerprint density at radius 1 is 1.19 bits per heavy atom. The van der Waals surface area contributed by atoms with Crippen LogP contribution < -0.4 is 0 Å². The Balaban J connectivity index is 1.91. The third kappa shape index (κ3) is 2.79. The lowest BCUT2D eigenvalue weighted by molar-refractivity contribution is 0.0412. The first kappa shape index (κ1) is 12.0. The van der Waals surface area contributed by atoms with Gasteiger partial charge in [0.2, 0.25) is 0 Å². The van der Waals surface area contributed by atoms with Gasteiger partial charge in [0, 0.05) is 19.6 Å². The van der Waals surface area contributed by atoms with Crippen molar-refractivity contribution in [2.75, 3.05) is 13.2 Å². The van der Waals surface area contributed by atoms with Crippen LogP contribution in [0, 0.1) is 11.8 Å². The summed E-state index contributed by atoms with van der Waals surface area (Å²) in [7, 11) is 0. The van der Waals surface area contributed by atoms with Gasteiger partial charge in [0.1, 0.15) is 0 Å². The van der Waals surface area contributed by atoms with Gasteiger partial charge in [-0.05, 0) is 49.5 Å². The van der Waals surface area contributed by atoms with Crippen molar-refractivity contribution in [3.8, 4) is 0 Å². The molecule has 1 aliphatic carbocycles. The predicted molar refractivity (Wildman–Crippen MR) is 65.4 cm³/mol. The number of aliphatic hydroxyl groups excluding tert-OH is 1. The molecule has 2 aliphatic rings. The van der Waals surface area contributed by atoms with Crippen molar-refractivity contribution in [3.63, 3.8) is 0 Å². The van der Waals surface area contributed by atoms with Crippen molar-refractivity contribution in [2.24, 2.45) is 11.8 Å². The van der Waals surface area contributed by atoms with Gasteiger partial charge in [0.25, 0.3) is 0 Å². The largest absolute Gasteiger partial charge is 0.512 e. The van der Waals surface area contributed by atoms with E-state index in [0.717, 1.165) is 44.8 Å². The summed E-state index contributed by atoms with van der Waals surface area (Å²) < 4.78 is 5.40. The average Bonchev–Trinajstić information content (AvgIpc) is 2.33. The molecule has 1 saturated heterocycles. The highest BCUT2D eigenvalue weighted by Gasteiger charge is 2.28. The van der Waals surface area contributed by atoms with E-state index in [0.29, 0.717) is 11.7 Å². The second kappa shape index (κ2) is 5.72. The Kier molecular flexibility index (Phi) is 4.28. The molecule has 16 heavy (non-hydrogen) atoms. The van der Waals surface area contributed by atoms with Gasteiger partial charge in [-0.3, -0.25) is 0 Å². The second-order valence-electron chi connectivity index (χ2n) is 5.25. The van der Waals surface area contributed by atoms with Crippen LogP contribution in [-0.2, 0) is 4.74 Å². The molecule has 92 valence electrons. The first-order valence-electron chi connectivity index (χ1n) is 6.79. The Morgan fingerprint density at radius 3 is 2.56 bits per heavy atom. The van der Waals surface area contributed by atoms with Crippen LogP contribution >= 0.6 is 0 Å². The molecule has 1 aliphatic heterocycles. The number of ether oxygens (including phenoxy) is 1. The fourth-order valence-electron chi connectivity index (χ4n) is 3.16. The molecule has 0 radical (unpaired) electrons. The van der Waals surface area contributed by atoms with E-state index in [1.807, 2.05) is 0 Å². The lowest BCUT2D eigenvalue weighted by Crippen LogP contribution is -2.26. The SMILES string of the molecule is CCCC1=C(O)CC(C2CCOCC2)CC1. The molecule has 1 unspecified atom stereocenters. The van der Waals surface area contributed by atoms with Crippen molar-refractivity contribution in [3.05, 3.63) is 11.3 Å². The quantitative estimate of drug-likeness (QED) is 0.789. The van der Waals surface area contributed by atoms with Crippen LogP contribution in [0.3, 0.4) is 0 Å². The highest BCUT2D eigenvalue weighted by molar-refractivity contribution is 5.12. The molecule has 0 saturated carbocycles. The smallest absolute Gasteiger partial charge is 0.0917 e. The van der Waals surface area contributed by atoms with Crippen LogP contribution in [0.4, 0.5) is 0 Å². The number of hydrogen-bond acceptors (Lipinski definition) is 2. The fourth-order valence-corrected chi connectivity index (χ4v) is 3.16. The van der Waals surface area contributed by atoms with Crippen molar-refractivity contribution in [1.82, 2.24) is 0 Å². The molecule has 2 rings (SSSR count). The molecule has 0 aromatic heterocycles. The van der Waals surface area contributed by atoms with E-state index in [9.17, 15) is 5.11 Å². The first-order chi connectivity index (χ1) is 7.81. The molecule has 0 bridgehead atoms. The van der Waals surface area contributed by atoms with Gasteiger partial charge >= 0.3 is 0 Å². The topological polar surface area (TPSA) is 29.5 Å². The van der Waals surface area contributed by atoms with E-state index in [2.05, 4.69) is 6.92 Å². The summed E-state index contributed by atoms with van der Waals surface area (Å²) in [4.78, 5) is 0. The van der Waals surface area contributed by atoms with Crippen molar-refractivity contribution >= 4 is 0 Å². The van der Waals surface area contributed by atoms with E-state index in [1.165, 1.54) is 24.8 Å². The van der Waals surface area contributed by atoms with Crippen LogP contribution in [0.15, 0.2) is 11.3 Å². The molecular formula is C14H24O2. The van der Waals surface area contributed by atoms with Crippen molar-refractivity contribution in [1.29, 1.82) is 0 Å². The molecule has 0 spiro atoms. The number of rotatable bonds is 3. The lowest BCUT2D eigenvalue weighted by Gasteiger charge is -2.33. The Labute approximate surface area is 98.7 Å². The van der Waals surface area contributed by atoms with Crippen LogP contribution in [0.25, 0.3) is 0 Å². The highest BCUT2D eigenvalue weighted by Crippen LogP contribution is 2.38. The van der Waals surface area contributed by atoms with Gasteiger partial charge < -0.3 is 9.84 Å². The van der Waals surface area contributed by atoms with E-state index >= 15 is 0 Å². The van der Waals surface area contributed by atoms with Gasteiger partial charge in [-0.1, -0.05) is 13.3 Å². The summed E-state index contributed by atoms with van der Waals surface area (Å²) in [6.07, 6.45) is 7.97. The minimum Gasteiger partial charge on any atom is -0.512 e. The van der Waals surface area contributed by atoms with Crippen molar-refractivity contribution < 1.29 is 9.84 Å². The van der Waals surface area contributed by atoms with Gasteiger partial charge in [0.05, 0.1) is 5.76 Å². The minimum absolute atomic E-state index is 0.713. The summed E-state index contributed by atoms with van der Waals surface area (Å²) in [6.45, 7) is 4.03. The molecule has 1 N–H and O–H groups in total. The summed E-state index contributed by atoms with van der Waals surface area (Å²) in [6, 6.07) is 0. The summed E-state index contributed by atoms with van der Waals surface area (Å²) in [5.74, 6) is 2.22. The van der Waals surface area contributed by atoms with Gasteiger partial charge in [-0.2, -0.15) is 0 Å². The summed E-state index contributed by atoms with van der Waals surface area (Å²) in [5, 5.41) is 10.0. The maximum absolute atomic E-state index is 10.0. The number of allylic oxidation sites excluding steroid dienone is 2. The standard InChI is InChI=1S/C14H24O2/c1-2-3-12-4-5-13(10-14(12)15)11-6-8-16-9-7-11/h11,13,15H,2-10H2,1H3. The zero-order valence-corrected chi connectivity index (χ0v) is 10.4. The van der Waals surface area contributed by atoms with Gasteiger partial charge in [-0.25, -0.2) is 0 Å². The third-order valence-corrected chi connectivity index (χ3v) is 4.16. The number of hydrogen-bond donors (Lipinski definition) is 1. The highest BCUT2D eigenvalue weighted by atomic mass is 16.5. The van der Waals surface area contributed by atoms with Crippen LogP contribution in [0.2, 0.25) is 0 Å². The first-order valence-corrected chi connectivity index (χ1v) is 6.79. The molecule has 1 heterocycles. The Morgan fingerprint density at radius 2 is 1.94 bits per heavy atom. The van der Waals surface area contributed by atoms with Gasteiger partial charge in [-0.15, -0.1) is 0 Å². The summed E-state index contributed by atoms with van der Waals surface area (Å²) in [5.41, 5.74) is 1.32. The van der Waals surface area contributed by atoms with E-state index in [-0.39, 0.29) is 0 Å². The molecular weight excluding hydrogens is 200 g/mol. The van der Waals surface area contributed by atoms with E-state index in [1.54, 1.807) is 0 Å². The molecule has 0 aromatic rings. The van der Waals surface area contributed by atoms with Crippen LogP contribution in [0.1, 0.15) is 51.9 Å². The maximum Gasteiger partial charge on any atom is 0.0917 e. The van der Waals surface area contributed by atoms with E-state index < -0.39 is 0 Å². The molecule has 2 heteroatoms. The monoisotopic (exact) mass is 224 g/mol. The lowest BCUT2D eigenvalue weighted by atomic mass is 9.76. The maximum atomic E-state index is 10.0. The fraction of sp³-hybridized carbons (Fsp3) is 0.857. The minimum atomic E-state index is 0.713. The van der Waals surface area contributed by atoms with Crippen molar-refractivity contribution in [2.45, 2.75) is 51.9 Å². The Hall–Kier alpha value is -0.500. The predicted octanol–water partition coefficient (Wildman–Crippen LogP) is 3.83. The molecule has 1 atom stereocenters. The van der Waals surface area contributed by atoms with Crippen LogP contribution in [0.5, 0.6) is 0 Å². The Bertz CT molecular complexity index is 251. The molecule has 0 aromatic carbocycles. The zero-order valence-electron chi connectivity index (χ0n) is 10.4. The number of aliphatic hydroxyl groups is 1.